The third kappa shape index (κ3) is 4.11. The third-order valence-corrected chi connectivity index (χ3v) is 4.83. The molecule has 4 rings (SSSR count). The van der Waals surface area contributed by atoms with Crippen LogP contribution in [0.2, 0.25) is 0 Å². The molecule has 0 unspecified atom stereocenters. The number of nitrogens with zero attached hydrogens (tertiary/aromatic N) is 1. The van der Waals surface area contributed by atoms with Gasteiger partial charge in [-0.2, -0.15) is 0 Å². The maximum atomic E-state index is 14.2. The number of urea groups is 1. The van der Waals surface area contributed by atoms with Crippen molar-refractivity contribution >= 4 is 29.6 Å². The van der Waals surface area contributed by atoms with Gasteiger partial charge in [0, 0.05) is 0 Å². The number of nitrogens with one attached hydrogen (secondary N) is 1. The van der Waals surface area contributed by atoms with Crippen LogP contribution in [0.15, 0.2) is 78.4 Å². The average molecular weight is 418 g/mol. The highest BCUT2D eigenvalue weighted by molar-refractivity contribution is 6.39. The third-order valence-electron chi connectivity index (χ3n) is 4.83. The predicted molar refractivity (Wildman–Crippen MR) is 111 cm³/mol. The molecular formula is C24H16F2N2O3. The monoisotopic (exact) mass is 418 g/mol. The Kier molecular flexibility index (Phi) is 5.41. The standard InChI is InChI=1S/C24H16F2N2O3/c25-18-9-5-6-15(13-18)12-16-7-1-2-8-17(16)14-19-22(29)27-24(31)28(23(19)30)21-11-4-3-10-20(21)26/h1-11,13-14H,12H2,(H,27,29,31)/b19-14-. The SMILES string of the molecule is O=C1NC(=O)N(c2ccccc2F)C(=O)/C1=C\c1ccccc1Cc1cccc(F)c1. The summed E-state index contributed by atoms with van der Waals surface area (Å²) in [5.74, 6) is -2.94. The number of anilines is 1. The molecule has 5 nitrogen and oxygen atoms in total. The lowest BCUT2D eigenvalue weighted by Gasteiger charge is -2.26. The van der Waals surface area contributed by atoms with E-state index >= 15 is 0 Å². The van der Waals surface area contributed by atoms with Gasteiger partial charge in [-0.3, -0.25) is 14.9 Å². The van der Waals surface area contributed by atoms with Gasteiger partial charge in [0.2, 0.25) is 0 Å². The number of benzene rings is 3. The second-order valence-electron chi connectivity index (χ2n) is 6.91. The molecule has 1 N–H and O–H groups in total. The molecule has 0 saturated carbocycles. The highest BCUT2D eigenvalue weighted by Gasteiger charge is 2.38. The molecule has 1 heterocycles. The van der Waals surface area contributed by atoms with Crippen LogP contribution < -0.4 is 10.2 Å². The zero-order valence-corrected chi connectivity index (χ0v) is 16.1. The van der Waals surface area contributed by atoms with Gasteiger partial charge in [-0.25, -0.2) is 18.5 Å². The number of hydrogen-bond donors (Lipinski definition) is 1. The second-order valence-corrected chi connectivity index (χ2v) is 6.91. The molecule has 154 valence electrons. The number of carbonyl (C=O) groups excluding carboxylic acids is 3. The number of barbiturate groups is 1. The van der Waals surface area contributed by atoms with Crippen LogP contribution in [0.25, 0.3) is 6.08 Å². The van der Waals surface area contributed by atoms with Crippen molar-refractivity contribution in [2.75, 3.05) is 4.90 Å². The Morgan fingerprint density at radius 1 is 0.871 bits per heavy atom. The lowest BCUT2D eigenvalue weighted by molar-refractivity contribution is -0.122. The van der Waals surface area contributed by atoms with Crippen LogP contribution in [0.5, 0.6) is 0 Å². The molecule has 3 aromatic rings. The molecule has 0 bridgehead atoms. The topological polar surface area (TPSA) is 66.5 Å². The molecular weight excluding hydrogens is 402 g/mol. The zero-order chi connectivity index (χ0) is 22.0. The Morgan fingerprint density at radius 3 is 2.39 bits per heavy atom. The Bertz CT molecular complexity index is 1240. The fourth-order valence-electron chi connectivity index (χ4n) is 3.37. The molecule has 7 heteroatoms. The Hall–Kier alpha value is -4.13. The number of halogens is 2. The van der Waals surface area contributed by atoms with Gasteiger partial charge in [0.1, 0.15) is 17.2 Å². The zero-order valence-electron chi connectivity index (χ0n) is 16.1. The molecule has 31 heavy (non-hydrogen) atoms. The maximum absolute atomic E-state index is 14.2. The van der Waals surface area contributed by atoms with Gasteiger partial charge >= 0.3 is 6.03 Å². The van der Waals surface area contributed by atoms with Crippen molar-refractivity contribution in [3.05, 3.63) is 107 Å². The number of hydrogen-bond acceptors (Lipinski definition) is 3. The summed E-state index contributed by atoms with van der Waals surface area (Å²) in [7, 11) is 0. The number of carbonyl (C=O) groups is 3. The van der Waals surface area contributed by atoms with E-state index in [1.807, 2.05) is 0 Å². The first kappa shape index (κ1) is 20.2. The minimum absolute atomic E-state index is 0.253. The van der Waals surface area contributed by atoms with Gasteiger partial charge in [-0.05, 0) is 53.5 Å². The number of para-hydroxylation sites is 1. The highest BCUT2D eigenvalue weighted by Crippen LogP contribution is 2.25. The normalized spacial score (nSPS) is 15.4. The minimum Gasteiger partial charge on any atom is -0.273 e. The van der Waals surface area contributed by atoms with Crippen molar-refractivity contribution in [2.24, 2.45) is 0 Å². The molecule has 0 atom stereocenters. The van der Waals surface area contributed by atoms with Crippen molar-refractivity contribution in [1.29, 1.82) is 0 Å². The van der Waals surface area contributed by atoms with Crippen LogP contribution in [0.3, 0.4) is 0 Å². The summed E-state index contributed by atoms with van der Waals surface area (Å²) < 4.78 is 27.7. The fourth-order valence-corrected chi connectivity index (χ4v) is 3.37. The molecule has 4 amide bonds. The Morgan fingerprint density at radius 2 is 1.61 bits per heavy atom. The van der Waals surface area contributed by atoms with Crippen molar-refractivity contribution in [3.63, 3.8) is 0 Å². The lowest BCUT2D eigenvalue weighted by atomic mass is 9.97. The van der Waals surface area contributed by atoms with E-state index in [1.54, 1.807) is 36.4 Å². The van der Waals surface area contributed by atoms with Crippen LogP contribution in [-0.4, -0.2) is 17.8 Å². The fraction of sp³-hybridized carbons (Fsp3) is 0.0417. The van der Waals surface area contributed by atoms with E-state index in [0.717, 1.165) is 11.6 Å². The molecule has 1 saturated heterocycles. The Balaban J connectivity index is 1.73. The van der Waals surface area contributed by atoms with Crippen LogP contribution in [0.4, 0.5) is 19.3 Å². The van der Waals surface area contributed by atoms with E-state index in [-0.39, 0.29) is 17.1 Å². The molecule has 1 aliphatic heterocycles. The first-order chi connectivity index (χ1) is 14.9. The summed E-state index contributed by atoms with van der Waals surface area (Å²) >= 11 is 0. The van der Waals surface area contributed by atoms with E-state index in [1.165, 1.54) is 36.4 Å². The van der Waals surface area contributed by atoms with Crippen molar-refractivity contribution in [2.45, 2.75) is 6.42 Å². The second kappa shape index (κ2) is 8.31. The summed E-state index contributed by atoms with van der Waals surface area (Å²) in [6, 6.07) is 17.4. The van der Waals surface area contributed by atoms with Crippen LogP contribution in [-0.2, 0) is 16.0 Å². The Labute approximate surface area is 176 Å². The molecule has 3 aromatic carbocycles. The highest BCUT2D eigenvalue weighted by atomic mass is 19.1. The van der Waals surface area contributed by atoms with Gasteiger partial charge in [-0.1, -0.05) is 48.5 Å². The summed E-state index contributed by atoms with van der Waals surface area (Å²) in [6.45, 7) is 0. The number of rotatable bonds is 4. The summed E-state index contributed by atoms with van der Waals surface area (Å²) in [5.41, 5.74) is 1.45. The van der Waals surface area contributed by atoms with Gasteiger partial charge in [0.15, 0.2) is 0 Å². The quantitative estimate of drug-likeness (QED) is 0.510. The summed E-state index contributed by atoms with van der Waals surface area (Å²) in [4.78, 5) is 38.2. The first-order valence-electron chi connectivity index (χ1n) is 9.42. The molecule has 0 spiro atoms. The van der Waals surface area contributed by atoms with Crippen molar-refractivity contribution in [1.82, 2.24) is 5.32 Å². The molecule has 1 fully saturated rings. The number of imide groups is 2. The molecule has 0 aliphatic carbocycles. The largest absolute Gasteiger partial charge is 0.336 e. The van der Waals surface area contributed by atoms with E-state index in [2.05, 4.69) is 5.32 Å². The lowest BCUT2D eigenvalue weighted by Crippen LogP contribution is -2.54. The summed E-state index contributed by atoms with van der Waals surface area (Å²) in [6.07, 6.45) is 1.72. The van der Waals surface area contributed by atoms with Crippen molar-refractivity contribution in [3.8, 4) is 0 Å². The number of amides is 4. The van der Waals surface area contributed by atoms with Gasteiger partial charge < -0.3 is 0 Å². The maximum Gasteiger partial charge on any atom is 0.336 e. The smallest absolute Gasteiger partial charge is 0.273 e. The van der Waals surface area contributed by atoms with E-state index in [0.29, 0.717) is 22.4 Å². The minimum atomic E-state index is -1.02. The van der Waals surface area contributed by atoms with Crippen molar-refractivity contribution < 1.29 is 23.2 Å². The molecule has 0 radical (unpaired) electrons. The van der Waals surface area contributed by atoms with Crippen LogP contribution >= 0.6 is 0 Å². The van der Waals surface area contributed by atoms with Crippen LogP contribution in [0.1, 0.15) is 16.7 Å². The van der Waals surface area contributed by atoms with E-state index in [9.17, 15) is 23.2 Å². The van der Waals surface area contributed by atoms with E-state index < -0.39 is 23.7 Å². The molecule has 0 aromatic heterocycles. The van der Waals surface area contributed by atoms with E-state index in [4.69, 9.17) is 0 Å². The average Bonchev–Trinajstić information content (AvgIpc) is 2.73. The van der Waals surface area contributed by atoms with Gasteiger partial charge in [-0.15, -0.1) is 0 Å². The van der Waals surface area contributed by atoms with Gasteiger partial charge in [0.25, 0.3) is 11.8 Å². The molecule has 1 aliphatic rings. The van der Waals surface area contributed by atoms with Gasteiger partial charge in [0.05, 0.1) is 5.69 Å². The first-order valence-corrected chi connectivity index (χ1v) is 9.42. The van der Waals surface area contributed by atoms with Crippen LogP contribution in [0, 0.1) is 11.6 Å². The summed E-state index contributed by atoms with van der Waals surface area (Å²) in [5, 5.41) is 2.08. The predicted octanol–water partition coefficient (Wildman–Crippen LogP) is 4.22.